The molecule has 0 N–H and O–H groups in total. The van der Waals surface area contributed by atoms with Gasteiger partial charge < -0.3 is 0 Å². The summed E-state index contributed by atoms with van der Waals surface area (Å²) < 4.78 is 1.86. The van der Waals surface area contributed by atoms with E-state index in [1.54, 1.807) is 0 Å². The maximum Gasteiger partial charge on any atom is 0.155 e. The largest absolute Gasteiger partial charge is 0.229 e. The van der Waals surface area contributed by atoms with Crippen molar-refractivity contribution in [2.24, 2.45) is 0 Å². The van der Waals surface area contributed by atoms with E-state index in [-0.39, 0.29) is 0 Å². The lowest BCUT2D eigenvalue weighted by Crippen LogP contribution is -2.08. The molecule has 0 saturated carbocycles. The fourth-order valence-corrected chi connectivity index (χ4v) is 2.31. The van der Waals surface area contributed by atoms with Gasteiger partial charge in [-0.15, -0.1) is 5.10 Å². The first-order valence-corrected chi connectivity index (χ1v) is 7.22. The number of aromatic nitrogens is 4. The van der Waals surface area contributed by atoms with E-state index in [2.05, 4.69) is 27.7 Å². The van der Waals surface area contributed by atoms with Crippen LogP contribution in [0.5, 0.6) is 0 Å². The molecule has 0 unspecified atom stereocenters. The molecule has 3 rings (SSSR count). The quantitative estimate of drug-likeness (QED) is 0.727. The molecule has 21 heavy (non-hydrogen) atoms. The normalized spacial score (nSPS) is 10.7. The zero-order chi connectivity index (χ0) is 14.5. The first-order valence-electron chi connectivity index (χ1n) is 6.85. The van der Waals surface area contributed by atoms with E-state index in [0.717, 1.165) is 29.4 Å². The lowest BCUT2D eigenvalue weighted by molar-refractivity contribution is 0.569. The standard InChI is InChI=1S/C16H15ClN4/c17-15-8-6-14(7-9-15)12-16-18-19-20-21(16)11-10-13-4-2-1-3-5-13/h1-9H,10-12H2. The molecular weight excluding hydrogens is 284 g/mol. The molecule has 0 saturated heterocycles. The van der Waals surface area contributed by atoms with Gasteiger partial charge in [0.05, 0.1) is 0 Å². The van der Waals surface area contributed by atoms with Crippen LogP contribution in [0.4, 0.5) is 0 Å². The Kier molecular flexibility index (Phi) is 4.26. The number of halogens is 1. The van der Waals surface area contributed by atoms with Crippen molar-refractivity contribution in [3.05, 3.63) is 76.6 Å². The van der Waals surface area contributed by atoms with Gasteiger partial charge in [-0.05, 0) is 40.1 Å². The van der Waals surface area contributed by atoms with E-state index in [9.17, 15) is 0 Å². The molecule has 0 bridgehead atoms. The SMILES string of the molecule is Clc1ccc(Cc2nnnn2CCc2ccccc2)cc1. The molecule has 5 heteroatoms. The van der Waals surface area contributed by atoms with Crippen molar-refractivity contribution in [1.82, 2.24) is 20.2 Å². The second-order valence-electron chi connectivity index (χ2n) is 4.86. The van der Waals surface area contributed by atoms with Crippen molar-refractivity contribution in [3.8, 4) is 0 Å². The third-order valence-corrected chi connectivity index (χ3v) is 3.59. The lowest BCUT2D eigenvalue weighted by Gasteiger charge is -2.05. The van der Waals surface area contributed by atoms with Crippen LogP contribution in [0.15, 0.2) is 54.6 Å². The van der Waals surface area contributed by atoms with Gasteiger partial charge in [0.25, 0.3) is 0 Å². The number of hydrogen-bond donors (Lipinski definition) is 0. The molecule has 2 aromatic carbocycles. The molecule has 106 valence electrons. The summed E-state index contributed by atoms with van der Waals surface area (Å²) >= 11 is 5.90. The molecule has 0 spiro atoms. The molecule has 0 fully saturated rings. The second kappa shape index (κ2) is 6.50. The van der Waals surface area contributed by atoms with Crippen molar-refractivity contribution < 1.29 is 0 Å². The van der Waals surface area contributed by atoms with Crippen molar-refractivity contribution in [2.45, 2.75) is 19.4 Å². The Morgan fingerprint density at radius 3 is 2.43 bits per heavy atom. The van der Waals surface area contributed by atoms with Gasteiger partial charge in [0.15, 0.2) is 5.82 Å². The lowest BCUT2D eigenvalue weighted by atomic mass is 10.1. The first-order chi connectivity index (χ1) is 10.3. The Balaban J connectivity index is 1.68. The fourth-order valence-electron chi connectivity index (χ4n) is 2.19. The zero-order valence-electron chi connectivity index (χ0n) is 11.5. The summed E-state index contributed by atoms with van der Waals surface area (Å²) in [5.41, 5.74) is 2.43. The highest BCUT2D eigenvalue weighted by molar-refractivity contribution is 6.30. The molecule has 3 aromatic rings. The summed E-state index contributed by atoms with van der Waals surface area (Å²) in [4.78, 5) is 0. The molecule has 1 heterocycles. The minimum Gasteiger partial charge on any atom is -0.229 e. The van der Waals surface area contributed by atoms with E-state index >= 15 is 0 Å². The van der Waals surface area contributed by atoms with Crippen molar-refractivity contribution >= 4 is 11.6 Å². The van der Waals surface area contributed by atoms with Gasteiger partial charge in [-0.2, -0.15) is 0 Å². The van der Waals surface area contributed by atoms with Crippen LogP contribution in [0.2, 0.25) is 5.02 Å². The van der Waals surface area contributed by atoms with Gasteiger partial charge >= 0.3 is 0 Å². The molecular formula is C16H15ClN4. The van der Waals surface area contributed by atoms with E-state index in [1.165, 1.54) is 5.56 Å². The van der Waals surface area contributed by atoms with Gasteiger partial charge in [0.1, 0.15) is 0 Å². The van der Waals surface area contributed by atoms with Crippen molar-refractivity contribution in [2.75, 3.05) is 0 Å². The number of aryl methyl sites for hydroxylation is 2. The summed E-state index contributed by atoms with van der Waals surface area (Å²) in [7, 11) is 0. The molecule has 0 aliphatic carbocycles. The minimum atomic E-state index is 0.707. The highest BCUT2D eigenvalue weighted by atomic mass is 35.5. The Labute approximate surface area is 128 Å². The third-order valence-electron chi connectivity index (χ3n) is 3.34. The van der Waals surface area contributed by atoms with E-state index in [1.807, 2.05) is 47.1 Å². The topological polar surface area (TPSA) is 43.6 Å². The number of tetrazole rings is 1. The summed E-state index contributed by atoms with van der Waals surface area (Å²) in [5.74, 6) is 0.869. The van der Waals surface area contributed by atoms with Gasteiger partial charge in [0, 0.05) is 18.0 Å². The molecule has 0 amide bonds. The maximum atomic E-state index is 5.90. The van der Waals surface area contributed by atoms with Gasteiger partial charge in [-0.25, -0.2) is 4.68 Å². The van der Waals surface area contributed by atoms with Crippen LogP contribution in [0.1, 0.15) is 17.0 Å². The van der Waals surface area contributed by atoms with Gasteiger partial charge in [-0.1, -0.05) is 54.1 Å². The number of hydrogen-bond acceptors (Lipinski definition) is 3. The monoisotopic (exact) mass is 298 g/mol. The molecule has 4 nitrogen and oxygen atoms in total. The van der Waals surface area contributed by atoms with Crippen LogP contribution in [0, 0.1) is 0 Å². The summed E-state index contributed by atoms with van der Waals surface area (Å²) in [5, 5.41) is 12.7. The van der Waals surface area contributed by atoms with E-state index in [4.69, 9.17) is 11.6 Å². The van der Waals surface area contributed by atoms with Gasteiger partial charge in [-0.3, -0.25) is 0 Å². The van der Waals surface area contributed by atoms with E-state index in [0.29, 0.717) is 6.42 Å². The maximum absolute atomic E-state index is 5.90. The predicted octanol–water partition coefficient (Wildman–Crippen LogP) is 3.16. The third kappa shape index (κ3) is 3.67. The average Bonchev–Trinajstić information content (AvgIpc) is 2.96. The Morgan fingerprint density at radius 1 is 0.905 bits per heavy atom. The fraction of sp³-hybridized carbons (Fsp3) is 0.188. The van der Waals surface area contributed by atoms with Crippen LogP contribution in [-0.2, 0) is 19.4 Å². The number of benzene rings is 2. The second-order valence-corrected chi connectivity index (χ2v) is 5.29. The molecule has 0 aliphatic heterocycles. The predicted molar refractivity (Wildman–Crippen MR) is 82.2 cm³/mol. The number of nitrogens with zero attached hydrogens (tertiary/aromatic N) is 4. The van der Waals surface area contributed by atoms with Crippen molar-refractivity contribution in [3.63, 3.8) is 0 Å². The Hall–Kier alpha value is -2.20. The van der Waals surface area contributed by atoms with E-state index < -0.39 is 0 Å². The molecule has 1 aromatic heterocycles. The van der Waals surface area contributed by atoms with Crippen LogP contribution in [0.3, 0.4) is 0 Å². The van der Waals surface area contributed by atoms with Crippen LogP contribution in [-0.4, -0.2) is 20.2 Å². The summed E-state index contributed by atoms with van der Waals surface area (Å²) in [6, 6.07) is 18.1. The highest BCUT2D eigenvalue weighted by Gasteiger charge is 2.07. The van der Waals surface area contributed by atoms with Crippen molar-refractivity contribution in [1.29, 1.82) is 0 Å². The average molecular weight is 299 g/mol. The Morgan fingerprint density at radius 2 is 1.67 bits per heavy atom. The number of rotatable bonds is 5. The highest BCUT2D eigenvalue weighted by Crippen LogP contribution is 2.12. The zero-order valence-corrected chi connectivity index (χ0v) is 12.2. The first kappa shape index (κ1) is 13.8. The van der Waals surface area contributed by atoms with Gasteiger partial charge in [0.2, 0.25) is 0 Å². The van der Waals surface area contributed by atoms with Crippen LogP contribution < -0.4 is 0 Å². The Bertz CT molecular complexity index is 692. The molecule has 0 atom stereocenters. The smallest absolute Gasteiger partial charge is 0.155 e. The summed E-state index contributed by atoms with van der Waals surface area (Å²) in [6.07, 6.45) is 1.62. The minimum absolute atomic E-state index is 0.707. The van der Waals surface area contributed by atoms with Crippen LogP contribution >= 0.6 is 11.6 Å². The molecule has 0 radical (unpaired) electrons. The summed E-state index contributed by atoms with van der Waals surface area (Å²) in [6.45, 7) is 0.778. The molecule has 0 aliphatic rings. The van der Waals surface area contributed by atoms with Crippen LogP contribution in [0.25, 0.3) is 0 Å².